The van der Waals surface area contributed by atoms with Crippen LogP contribution in [-0.4, -0.2) is 64.7 Å². The summed E-state index contributed by atoms with van der Waals surface area (Å²) in [7, 11) is -1.80. The van der Waals surface area contributed by atoms with Gasteiger partial charge >= 0.3 is 0 Å². The van der Waals surface area contributed by atoms with Gasteiger partial charge in [0.1, 0.15) is 11.5 Å². The largest absolute Gasteiger partial charge is 0.504 e. The molecule has 1 aliphatic heterocycles. The number of rotatable bonds is 7. The molecule has 0 atom stereocenters. The summed E-state index contributed by atoms with van der Waals surface area (Å²) in [6.45, 7) is 6.42. The number of furan rings is 1. The molecule has 1 aliphatic rings. The highest BCUT2D eigenvalue weighted by Gasteiger charge is 2.32. The van der Waals surface area contributed by atoms with Crippen molar-refractivity contribution < 1.29 is 17.9 Å². The fourth-order valence-corrected chi connectivity index (χ4v) is 6.46. The molecule has 0 bridgehead atoms. The van der Waals surface area contributed by atoms with E-state index in [-0.39, 0.29) is 15.6 Å². The zero-order valence-corrected chi connectivity index (χ0v) is 19.8. The smallest absolute Gasteiger partial charge is 0.256 e. The van der Waals surface area contributed by atoms with Gasteiger partial charge < -0.3 is 25.1 Å². The first-order chi connectivity index (χ1) is 14.8. The van der Waals surface area contributed by atoms with Gasteiger partial charge in [-0.3, -0.25) is 0 Å². The van der Waals surface area contributed by atoms with Gasteiger partial charge in [-0.1, -0.05) is 0 Å². The van der Waals surface area contributed by atoms with E-state index in [4.69, 9.17) is 4.42 Å². The lowest BCUT2D eigenvalue weighted by Crippen LogP contribution is -2.46. The van der Waals surface area contributed by atoms with Crippen molar-refractivity contribution in [2.45, 2.75) is 24.6 Å². The van der Waals surface area contributed by atoms with Gasteiger partial charge in [-0.15, -0.1) is 11.3 Å². The monoisotopic (exact) mass is 484 g/mol. The van der Waals surface area contributed by atoms with E-state index in [1.165, 1.54) is 4.31 Å². The Hall–Kier alpha value is -2.19. The molecule has 0 amide bonds. The highest BCUT2D eigenvalue weighted by Crippen LogP contribution is 2.41. The SMILES string of the molecule is Cc1cc(CNc2nsnc2Nc2csc(S(=O)(=O)N3CCN(C)CC3)c2O)oc1C. The summed E-state index contributed by atoms with van der Waals surface area (Å²) >= 11 is 1.99. The number of anilines is 3. The van der Waals surface area contributed by atoms with E-state index in [1.807, 2.05) is 27.0 Å². The second kappa shape index (κ2) is 8.74. The Labute approximate surface area is 188 Å². The Morgan fingerprint density at radius 3 is 2.58 bits per heavy atom. The highest BCUT2D eigenvalue weighted by atomic mass is 32.2. The van der Waals surface area contributed by atoms with Gasteiger partial charge in [0.15, 0.2) is 21.6 Å². The number of aromatic nitrogens is 2. The maximum absolute atomic E-state index is 13.0. The quantitative estimate of drug-likeness (QED) is 0.464. The number of aryl methyl sites for hydroxylation is 2. The molecule has 0 saturated carbocycles. The molecular weight excluding hydrogens is 460 g/mol. The summed E-state index contributed by atoms with van der Waals surface area (Å²) in [5, 5.41) is 18.3. The molecule has 3 aromatic rings. The Kier molecular flexibility index (Phi) is 6.21. The van der Waals surface area contributed by atoms with Crippen molar-refractivity contribution >= 4 is 50.4 Å². The third-order valence-electron chi connectivity index (χ3n) is 5.16. The molecule has 0 unspecified atom stereocenters. The van der Waals surface area contributed by atoms with E-state index in [1.54, 1.807) is 5.38 Å². The summed E-state index contributed by atoms with van der Waals surface area (Å²) in [6, 6.07) is 1.95. The number of sulfonamides is 1. The van der Waals surface area contributed by atoms with Gasteiger partial charge in [-0.2, -0.15) is 13.1 Å². The second-order valence-corrected chi connectivity index (χ2v) is 10.9. The first-order valence-corrected chi connectivity index (χ1v) is 12.7. The summed E-state index contributed by atoms with van der Waals surface area (Å²) < 4.78 is 41.4. The van der Waals surface area contributed by atoms with Crippen molar-refractivity contribution in [1.29, 1.82) is 0 Å². The van der Waals surface area contributed by atoms with Crippen molar-refractivity contribution in [2.75, 3.05) is 43.9 Å². The predicted molar refractivity (Wildman–Crippen MR) is 121 cm³/mol. The van der Waals surface area contributed by atoms with E-state index in [9.17, 15) is 13.5 Å². The summed E-state index contributed by atoms with van der Waals surface area (Å²) in [5.41, 5.74) is 1.35. The average molecular weight is 485 g/mol. The van der Waals surface area contributed by atoms with Crippen LogP contribution in [0, 0.1) is 13.8 Å². The Bertz CT molecular complexity index is 1140. The number of hydrogen-bond donors (Lipinski definition) is 3. The Morgan fingerprint density at radius 2 is 1.90 bits per heavy atom. The second-order valence-electron chi connectivity index (χ2n) is 7.38. The van der Waals surface area contributed by atoms with E-state index in [2.05, 4.69) is 24.3 Å². The van der Waals surface area contributed by atoms with Gasteiger partial charge in [-0.05, 0) is 32.5 Å². The minimum atomic E-state index is -3.76. The van der Waals surface area contributed by atoms with E-state index in [0.717, 1.165) is 40.1 Å². The molecule has 168 valence electrons. The van der Waals surface area contributed by atoms with Crippen LogP contribution >= 0.6 is 23.1 Å². The fraction of sp³-hybridized carbons (Fsp3) is 0.444. The highest BCUT2D eigenvalue weighted by molar-refractivity contribution is 7.91. The van der Waals surface area contributed by atoms with Crippen LogP contribution in [0.5, 0.6) is 5.75 Å². The Balaban J connectivity index is 1.47. The molecule has 1 saturated heterocycles. The molecule has 0 spiro atoms. The van der Waals surface area contributed by atoms with Crippen LogP contribution in [0.15, 0.2) is 20.1 Å². The first-order valence-electron chi connectivity index (χ1n) is 9.64. The number of nitrogens with one attached hydrogen (secondary N) is 2. The number of likely N-dealkylation sites (N-methyl/N-ethyl adjacent to an activating group) is 1. The lowest BCUT2D eigenvalue weighted by molar-refractivity contribution is 0.222. The molecule has 10 nitrogen and oxygen atoms in total. The van der Waals surface area contributed by atoms with Crippen LogP contribution in [0.4, 0.5) is 17.3 Å². The molecule has 4 heterocycles. The zero-order valence-electron chi connectivity index (χ0n) is 17.4. The molecule has 31 heavy (non-hydrogen) atoms. The average Bonchev–Trinajstić information content (AvgIpc) is 3.41. The standard InChI is InChI=1S/C18H24N6O4S3/c1-11-8-13(28-12(11)2)9-19-16-17(22-30-21-16)20-14-10-29-18(15(14)25)31(26,27)24-6-4-23(3)5-7-24/h8,10,25H,4-7,9H2,1-3H3,(H,19,21)(H,20,22). The van der Waals surface area contributed by atoms with Crippen LogP contribution in [-0.2, 0) is 16.6 Å². The van der Waals surface area contributed by atoms with Crippen molar-refractivity contribution in [3.05, 3.63) is 28.5 Å². The van der Waals surface area contributed by atoms with Crippen LogP contribution < -0.4 is 10.6 Å². The maximum atomic E-state index is 13.0. The zero-order chi connectivity index (χ0) is 22.2. The molecule has 13 heteroatoms. The van der Waals surface area contributed by atoms with Crippen molar-refractivity contribution in [3.8, 4) is 5.75 Å². The molecule has 3 N–H and O–H groups in total. The third kappa shape index (κ3) is 4.55. The van der Waals surface area contributed by atoms with Gasteiger partial charge in [0.05, 0.1) is 24.0 Å². The Morgan fingerprint density at radius 1 is 1.19 bits per heavy atom. The summed E-state index contributed by atoms with van der Waals surface area (Å²) in [4.78, 5) is 2.07. The number of thiophene rings is 1. The van der Waals surface area contributed by atoms with E-state index >= 15 is 0 Å². The van der Waals surface area contributed by atoms with Crippen LogP contribution in [0.3, 0.4) is 0 Å². The lowest BCUT2D eigenvalue weighted by atomic mass is 10.3. The number of aromatic hydroxyl groups is 1. The molecule has 0 radical (unpaired) electrons. The van der Waals surface area contributed by atoms with Crippen molar-refractivity contribution in [2.24, 2.45) is 0 Å². The molecule has 0 aliphatic carbocycles. The lowest BCUT2D eigenvalue weighted by Gasteiger charge is -2.31. The van der Waals surface area contributed by atoms with Crippen LogP contribution in [0.1, 0.15) is 17.1 Å². The molecule has 4 rings (SSSR count). The predicted octanol–water partition coefficient (Wildman–Crippen LogP) is 2.81. The minimum absolute atomic E-state index is 0.0706. The third-order valence-corrected chi connectivity index (χ3v) is 9.07. The van der Waals surface area contributed by atoms with E-state index < -0.39 is 10.0 Å². The van der Waals surface area contributed by atoms with Crippen molar-refractivity contribution in [3.63, 3.8) is 0 Å². The molecule has 1 fully saturated rings. The molecular formula is C18H24N6O4S3. The van der Waals surface area contributed by atoms with Gasteiger partial charge in [0, 0.05) is 31.6 Å². The van der Waals surface area contributed by atoms with Crippen LogP contribution in [0.2, 0.25) is 0 Å². The van der Waals surface area contributed by atoms with Crippen LogP contribution in [0.25, 0.3) is 0 Å². The topological polar surface area (TPSA) is 124 Å². The fourth-order valence-electron chi connectivity index (χ4n) is 3.17. The summed E-state index contributed by atoms with van der Waals surface area (Å²) in [5.74, 6) is 2.23. The molecule has 0 aromatic carbocycles. The van der Waals surface area contributed by atoms with E-state index in [0.29, 0.717) is 44.4 Å². The molecule has 3 aromatic heterocycles. The number of hydrogen-bond acceptors (Lipinski definition) is 11. The maximum Gasteiger partial charge on any atom is 0.256 e. The summed E-state index contributed by atoms with van der Waals surface area (Å²) in [6.07, 6.45) is 0. The minimum Gasteiger partial charge on any atom is -0.504 e. The van der Waals surface area contributed by atoms with Crippen molar-refractivity contribution in [1.82, 2.24) is 18.0 Å². The number of nitrogens with zero attached hydrogens (tertiary/aromatic N) is 4. The number of piperazine rings is 1. The van der Waals surface area contributed by atoms with Gasteiger partial charge in [0.25, 0.3) is 10.0 Å². The normalized spacial score (nSPS) is 16.0. The van der Waals surface area contributed by atoms with Gasteiger partial charge in [-0.25, -0.2) is 8.42 Å². The first kappa shape index (κ1) is 22.0. The van der Waals surface area contributed by atoms with Gasteiger partial charge in [0.2, 0.25) is 0 Å².